The molecular formula is C6H4ClHgINO3. The third-order valence-corrected chi connectivity index (χ3v) is 2.01. The average Bonchev–Trinajstić information content (AvgIpc) is 2.13. The number of benzene rings is 1. The summed E-state index contributed by atoms with van der Waals surface area (Å²) in [7, 11) is 4.83. The van der Waals surface area contributed by atoms with E-state index >= 15 is 0 Å². The molecule has 0 aliphatic carbocycles. The molecule has 0 aliphatic rings. The van der Waals surface area contributed by atoms with Crippen molar-refractivity contribution in [3.8, 4) is 5.75 Å². The zero-order chi connectivity index (χ0) is 10.4. The van der Waals surface area contributed by atoms with Crippen LogP contribution in [0.1, 0.15) is 0 Å². The summed E-state index contributed by atoms with van der Waals surface area (Å²) < 4.78 is 0.483. The molecule has 0 fully saturated rings. The number of nitro benzene ring substituents is 1. The number of aromatic hydroxyl groups is 1. The van der Waals surface area contributed by atoms with Crippen molar-refractivity contribution in [1.29, 1.82) is 0 Å². The number of phenols is 1. The predicted octanol–water partition coefficient (Wildman–Crippen LogP) is 2.59. The van der Waals surface area contributed by atoms with E-state index in [1.807, 2.05) is 22.6 Å². The van der Waals surface area contributed by atoms with Crippen LogP contribution < -0.4 is 0 Å². The van der Waals surface area contributed by atoms with Crippen molar-refractivity contribution in [2.75, 3.05) is 0 Å². The first-order valence-corrected chi connectivity index (χ1v) is 10.9. The van der Waals surface area contributed by atoms with Crippen molar-refractivity contribution < 1.29 is 34.9 Å². The van der Waals surface area contributed by atoms with E-state index in [1.54, 1.807) is 0 Å². The fraction of sp³-hybridized carbons (Fsp3) is 0. The zero-order valence-corrected chi connectivity index (χ0v) is 14.8. The maximum atomic E-state index is 10.2. The number of non-ortho nitro benzene ring substituents is 1. The minimum atomic E-state index is -0.498. The SMILES string of the molecule is O=[N+]([O-])c1ccc(O)c(I)c1.[Cl][Hg]. The van der Waals surface area contributed by atoms with Gasteiger partial charge in [-0.25, -0.2) is 0 Å². The summed E-state index contributed by atoms with van der Waals surface area (Å²) >= 11 is 2.33. The van der Waals surface area contributed by atoms with Crippen LogP contribution in [0.25, 0.3) is 0 Å². The minimum absolute atomic E-state index is 0.00722. The molecule has 1 aromatic carbocycles. The molecule has 0 saturated heterocycles. The van der Waals surface area contributed by atoms with Gasteiger partial charge in [0.15, 0.2) is 0 Å². The Morgan fingerprint density at radius 3 is 2.46 bits per heavy atom. The first kappa shape index (κ1) is 13.4. The van der Waals surface area contributed by atoms with Gasteiger partial charge in [-0.2, -0.15) is 0 Å². The Labute approximate surface area is 108 Å². The molecule has 0 amide bonds. The third-order valence-electron chi connectivity index (χ3n) is 1.14. The van der Waals surface area contributed by atoms with Gasteiger partial charge >= 0.3 is 33.1 Å². The molecule has 0 aliphatic heterocycles. The molecule has 13 heavy (non-hydrogen) atoms. The molecule has 1 rings (SSSR count). The van der Waals surface area contributed by atoms with Crippen molar-refractivity contribution in [2.24, 2.45) is 0 Å². The van der Waals surface area contributed by atoms with E-state index in [9.17, 15) is 10.1 Å². The van der Waals surface area contributed by atoms with Crippen LogP contribution in [0.5, 0.6) is 5.75 Å². The van der Waals surface area contributed by atoms with Gasteiger partial charge in [0.1, 0.15) is 5.75 Å². The Kier molecular flexibility index (Phi) is 6.97. The van der Waals surface area contributed by atoms with Crippen molar-refractivity contribution >= 4 is 36.5 Å². The van der Waals surface area contributed by atoms with Crippen molar-refractivity contribution in [2.45, 2.75) is 0 Å². The third kappa shape index (κ3) is 4.41. The summed E-state index contributed by atoms with van der Waals surface area (Å²) in [4.78, 5) is 9.69. The predicted molar refractivity (Wildman–Crippen MR) is 53.3 cm³/mol. The Hall–Kier alpha value is 0.375. The Bertz CT molecular complexity index is 310. The van der Waals surface area contributed by atoms with E-state index in [2.05, 4.69) is 0 Å². The summed E-state index contributed by atoms with van der Waals surface area (Å²) in [6.45, 7) is 0. The molecule has 0 aromatic heterocycles. The molecule has 0 unspecified atom stereocenters. The van der Waals surface area contributed by atoms with E-state index < -0.39 is 4.92 Å². The normalized spacial score (nSPS) is 8.62. The van der Waals surface area contributed by atoms with E-state index in [1.165, 1.54) is 18.2 Å². The number of nitro groups is 1. The number of rotatable bonds is 1. The van der Waals surface area contributed by atoms with Crippen LogP contribution in [0.15, 0.2) is 18.2 Å². The Morgan fingerprint density at radius 1 is 1.54 bits per heavy atom. The van der Waals surface area contributed by atoms with Crippen molar-refractivity contribution in [1.82, 2.24) is 0 Å². The van der Waals surface area contributed by atoms with Crippen LogP contribution in [0.2, 0.25) is 0 Å². The molecule has 0 heterocycles. The van der Waals surface area contributed by atoms with Crippen LogP contribution >= 0.6 is 30.8 Å². The Morgan fingerprint density at radius 2 is 2.08 bits per heavy atom. The second kappa shape index (κ2) is 6.77. The van der Waals surface area contributed by atoms with Gasteiger partial charge < -0.3 is 5.11 Å². The van der Waals surface area contributed by atoms with Gasteiger partial charge in [0.2, 0.25) is 0 Å². The van der Waals surface area contributed by atoms with Crippen LogP contribution in [-0.4, -0.2) is 10.0 Å². The number of nitrogens with zero attached hydrogens (tertiary/aromatic N) is 1. The molecular weight excluding hydrogens is 497 g/mol. The number of phenolic OH excluding ortho intramolecular Hbond substituents is 1. The summed E-state index contributed by atoms with van der Waals surface area (Å²) in [5, 5.41) is 19.2. The van der Waals surface area contributed by atoms with E-state index in [0.717, 1.165) is 0 Å². The first-order valence-electron chi connectivity index (χ1n) is 3.01. The monoisotopic (exact) mass is 502 g/mol. The average molecular weight is 501 g/mol. The zero-order valence-electron chi connectivity index (χ0n) is 6.41. The molecule has 0 bridgehead atoms. The van der Waals surface area contributed by atoms with Gasteiger partial charge in [-0.05, 0) is 28.7 Å². The van der Waals surface area contributed by atoms with Gasteiger partial charge in [-0.1, -0.05) is 0 Å². The quantitative estimate of drug-likeness (QED) is 0.279. The first-order chi connectivity index (χ1) is 6.11. The standard InChI is InChI=1S/C6H4INO3.ClH.Hg/c7-5-3-4(8(10)11)1-2-6(5)9;;/h1-3,9H;1H;/q;;+1/p-1. The molecule has 0 saturated carbocycles. The summed E-state index contributed by atoms with van der Waals surface area (Å²) in [5.41, 5.74) is -0.00722. The summed E-state index contributed by atoms with van der Waals surface area (Å²) in [6.07, 6.45) is 0. The van der Waals surface area contributed by atoms with Gasteiger partial charge in [0.05, 0.1) is 8.49 Å². The summed E-state index contributed by atoms with van der Waals surface area (Å²) in [5.74, 6) is 0.0659. The molecule has 0 radical (unpaired) electrons. The maximum absolute atomic E-state index is 10.2. The van der Waals surface area contributed by atoms with Crippen molar-refractivity contribution in [3.05, 3.63) is 31.9 Å². The molecule has 7 heteroatoms. The van der Waals surface area contributed by atoms with Crippen LogP contribution in [-0.2, 0) is 24.9 Å². The van der Waals surface area contributed by atoms with Crippen LogP contribution in [0.3, 0.4) is 0 Å². The van der Waals surface area contributed by atoms with E-state index in [4.69, 9.17) is 13.4 Å². The fourth-order valence-electron chi connectivity index (χ4n) is 0.609. The van der Waals surface area contributed by atoms with Gasteiger partial charge in [0, 0.05) is 12.1 Å². The van der Waals surface area contributed by atoms with E-state index in [-0.39, 0.29) is 11.4 Å². The van der Waals surface area contributed by atoms with Gasteiger partial charge in [0.25, 0.3) is 5.69 Å². The second-order valence-electron chi connectivity index (χ2n) is 1.89. The van der Waals surface area contributed by atoms with Gasteiger partial charge in [-0.3, -0.25) is 10.1 Å². The molecule has 0 atom stereocenters. The van der Waals surface area contributed by atoms with Crippen molar-refractivity contribution in [3.63, 3.8) is 0 Å². The van der Waals surface area contributed by atoms with Crippen LogP contribution in [0.4, 0.5) is 5.69 Å². The molecule has 67 valence electrons. The van der Waals surface area contributed by atoms with Gasteiger partial charge in [-0.15, -0.1) is 0 Å². The topological polar surface area (TPSA) is 63.4 Å². The Balaban J connectivity index is 0.000000671. The van der Waals surface area contributed by atoms with E-state index in [0.29, 0.717) is 28.5 Å². The fourth-order valence-corrected chi connectivity index (χ4v) is 1.11. The molecule has 4 nitrogen and oxygen atoms in total. The second-order valence-corrected chi connectivity index (χ2v) is 3.06. The number of hydrogen-bond acceptors (Lipinski definition) is 3. The van der Waals surface area contributed by atoms with Crippen LogP contribution in [0, 0.1) is 13.7 Å². The molecule has 0 spiro atoms. The number of halogens is 2. The summed E-state index contributed by atoms with van der Waals surface area (Å²) in [6, 6.07) is 3.88. The molecule has 1 N–H and O–H groups in total. The molecule has 1 aromatic rings. The number of hydrogen-bond donors (Lipinski definition) is 1.